The minimum atomic E-state index is -0.265. The average molecular weight is 573 g/mol. The van der Waals surface area contributed by atoms with E-state index in [1.807, 2.05) is 47.8 Å². The van der Waals surface area contributed by atoms with E-state index in [0.717, 1.165) is 27.4 Å². The number of nitrogens with zero attached hydrogens (tertiary/aromatic N) is 4. The van der Waals surface area contributed by atoms with Crippen LogP contribution in [0.2, 0.25) is 0 Å². The molecule has 1 aliphatic heterocycles. The van der Waals surface area contributed by atoms with Gasteiger partial charge in [-0.25, -0.2) is 9.37 Å². The lowest BCUT2D eigenvalue weighted by atomic mass is 10.1. The Balaban J connectivity index is 1.23. The van der Waals surface area contributed by atoms with E-state index < -0.39 is 0 Å². The topological polar surface area (TPSA) is 66.0 Å². The zero-order valence-electron chi connectivity index (χ0n) is 23.0. The number of hydrogen-bond donors (Lipinski definition) is 0. The van der Waals surface area contributed by atoms with Gasteiger partial charge in [0, 0.05) is 51.6 Å². The smallest absolute Gasteiger partial charge is 0.273 e. The molecule has 2 heterocycles. The fourth-order valence-corrected chi connectivity index (χ4v) is 5.57. The van der Waals surface area contributed by atoms with Crippen molar-refractivity contribution < 1.29 is 18.7 Å². The predicted molar refractivity (Wildman–Crippen MR) is 157 cm³/mol. The van der Waals surface area contributed by atoms with Crippen LogP contribution >= 0.6 is 11.3 Å². The van der Waals surface area contributed by atoms with Crippen LogP contribution in [0.3, 0.4) is 0 Å². The standard InChI is InChI=1S/C32H33FN4O3S/c1-24(38)36-15-17-37(18-16-36)32(39)30-23-41-31(34-30)21-35(19-25-7-11-28(33)12-8-25)20-26-9-13-29(14-10-26)40-22-27-5-3-2-4-6-27/h2-14,23H,15-22H2,1H3. The molecular weight excluding hydrogens is 539 g/mol. The van der Waals surface area contributed by atoms with Crippen LogP contribution in [-0.2, 0) is 31.0 Å². The lowest BCUT2D eigenvalue weighted by Gasteiger charge is -2.33. The molecule has 0 aliphatic carbocycles. The van der Waals surface area contributed by atoms with Crippen molar-refractivity contribution in [3.8, 4) is 5.75 Å². The van der Waals surface area contributed by atoms with Crippen LogP contribution in [0.15, 0.2) is 84.2 Å². The van der Waals surface area contributed by atoms with Crippen molar-refractivity contribution in [2.24, 2.45) is 0 Å². The van der Waals surface area contributed by atoms with Crippen LogP contribution in [-0.4, -0.2) is 57.7 Å². The Morgan fingerprint density at radius 2 is 1.44 bits per heavy atom. The molecule has 7 nitrogen and oxygen atoms in total. The van der Waals surface area contributed by atoms with Crippen molar-refractivity contribution in [1.82, 2.24) is 19.7 Å². The third kappa shape index (κ3) is 7.99. The normalized spacial score (nSPS) is 13.4. The highest BCUT2D eigenvalue weighted by Crippen LogP contribution is 2.21. The third-order valence-electron chi connectivity index (χ3n) is 7.04. The number of aromatic nitrogens is 1. The van der Waals surface area contributed by atoms with Gasteiger partial charge in [-0.05, 0) is 41.0 Å². The second-order valence-corrected chi connectivity index (χ2v) is 11.1. The summed E-state index contributed by atoms with van der Waals surface area (Å²) < 4.78 is 19.5. The maximum Gasteiger partial charge on any atom is 0.273 e. The highest BCUT2D eigenvalue weighted by molar-refractivity contribution is 7.09. The van der Waals surface area contributed by atoms with E-state index in [-0.39, 0.29) is 17.6 Å². The van der Waals surface area contributed by atoms with Crippen LogP contribution in [0.25, 0.3) is 0 Å². The molecule has 4 aromatic rings. The molecule has 1 aromatic heterocycles. The number of ether oxygens (including phenoxy) is 1. The molecule has 0 radical (unpaired) electrons. The van der Waals surface area contributed by atoms with Crippen LogP contribution in [0.1, 0.15) is 39.1 Å². The van der Waals surface area contributed by atoms with Crippen molar-refractivity contribution in [2.75, 3.05) is 26.2 Å². The zero-order chi connectivity index (χ0) is 28.6. The summed E-state index contributed by atoms with van der Waals surface area (Å²) in [5, 5.41) is 2.64. The molecule has 0 atom stereocenters. The van der Waals surface area contributed by atoms with Gasteiger partial charge in [0.2, 0.25) is 5.91 Å². The van der Waals surface area contributed by atoms with Gasteiger partial charge in [-0.3, -0.25) is 14.5 Å². The monoisotopic (exact) mass is 572 g/mol. The fraction of sp³-hybridized carbons (Fsp3) is 0.281. The number of halogens is 1. The van der Waals surface area contributed by atoms with Crippen molar-refractivity contribution >= 4 is 23.2 Å². The molecule has 0 bridgehead atoms. The number of hydrogen-bond acceptors (Lipinski definition) is 6. The molecule has 212 valence electrons. The van der Waals surface area contributed by atoms with E-state index in [2.05, 4.69) is 22.0 Å². The van der Waals surface area contributed by atoms with Gasteiger partial charge in [0.25, 0.3) is 5.91 Å². The van der Waals surface area contributed by atoms with Gasteiger partial charge in [0.15, 0.2) is 0 Å². The summed E-state index contributed by atoms with van der Waals surface area (Å²) in [5.41, 5.74) is 3.64. The van der Waals surface area contributed by atoms with Gasteiger partial charge in [-0.15, -0.1) is 11.3 Å². The van der Waals surface area contributed by atoms with E-state index in [9.17, 15) is 14.0 Å². The first-order valence-electron chi connectivity index (χ1n) is 13.6. The Morgan fingerprint density at radius 1 is 0.829 bits per heavy atom. The first kappa shape index (κ1) is 28.4. The first-order valence-corrected chi connectivity index (χ1v) is 14.5. The highest BCUT2D eigenvalue weighted by atomic mass is 32.1. The van der Waals surface area contributed by atoms with Crippen LogP contribution in [0.4, 0.5) is 4.39 Å². The molecule has 41 heavy (non-hydrogen) atoms. The van der Waals surface area contributed by atoms with E-state index in [0.29, 0.717) is 58.1 Å². The van der Waals surface area contributed by atoms with Crippen molar-refractivity contribution in [2.45, 2.75) is 33.2 Å². The van der Waals surface area contributed by atoms with E-state index >= 15 is 0 Å². The maximum absolute atomic E-state index is 13.5. The molecular formula is C32H33FN4O3S. The molecule has 1 fully saturated rings. The summed E-state index contributed by atoms with van der Waals surface area (Å²) in [6.07, 6.45) is 0. The maximum atomic E-state index is 13.5. The van der Waals surface area contributed by atoms with Gasteiger partial charge >= 0.3 is 0 Å². The van der Waals surface area contributed by atoms with Gasteiger partial charge in [0.05, 0.1) is 6.54 Å². The Bertz CT molecular complexity index is 1440. The lowest BCUT2D eigenvalue weighted by Crippen LogP contribution is -2.50. The Kier molecular flexibility index (Phi) is 9.38. The first-order chi connectivity index (χ1) is 19.9. The lowest BCUT2D eigenvalue weighted by molar-refractivity contribution is -0.130. The number of thiazole rings is 1. The highest BCUT2D eigenvalue weighted by Gasteiger charge is 2.25. The fourth-order valence-electron chi connectivity index (χ4n) is 4.77. The third-order valence-corrected chi connectivity index (χ3v) is 7.87. The van der Waals surface area contributed by atoms with Gasteiger partial charge in [-0.2, -0.15) is 0 Å². The summed E-state index contributed by atoms with van der Waals surface area (Å²) >= 11 is 1.46. The summed E-state index contributed by atoms with van der Waals surface area (Å²) in [6, 6.07) is 24.6. The van der Waals surface area contributed by atoms with E-state index in [1.54, 1.807) is 28.9 Å². The minimum Gasteiger partial charge on any atom is -0.489 e. The Labute approximate surface area is 243 Å². The van der Waals surface area contributed by atoms with Crippen molar-refractivity contribution in [3.05, 3.63) is 117 Å². The Hall–Kier alpha value is -4.08. The molecule has 5 rings (SSSR count). The summed E-state index contributed by atoms with van der Waals surface area (Å²) in [4.78, 5) is 35.1. The molecule has 0 saturated carbocycles. The summed E-state index contributed by atoms with van der Waals surface area (Å²) in [7, 11) is 0. The second-order valence-electron chi connectivity index (χ2n) is 10.1. The van der Waals surface area contributed by atoms with Crippen LogP contribution < -0.4 is 4.74 Å². The number of benzene rings is 3. The zero-order valence-corrected chi connectivity index (χ0v) is 23.9. The minimum absolute atomic E-state index is 0.0311. The molecule has 0 unspecified atom stereocenters. The molecule has 0 N–H and O–H groups in total. The SMILES string of the molecule is CC(=O)N1CCN(C(=O)c2csc(CN(Cc3ccc(F)cc3)Cc3ccc(OCc4ccccc4)cc3)n2)CC1. The van der Waals surface area contributed by atoms with Crippen LogP contribution in [0, 0.1) is 5.82 Å². The van der Waals surface area contributed by atoms with Gasteiger partial charge in [-0.1, -0.05) is 54.6 Å². The molecule has 0 spiro atoms. The summed E-state index contributed by atoms with van der Waals surface area (Å²) in [5.74, 6) is 0.462. The largest absolute Gasteiger partial charge is 0.489 e. The Morgan fingerprint density at radius 3 is 2.07 bits per heavy atom. The number of rotatable bonds is 10. The van der Waals surface area contributed by atoms with E-state index in [1.165, 1.54) is 23.5 Å². The number of carbonyl (C=O) groups excluding carboxylic acids is 2. The predicted octanol–water partition coefficient (Wildman–Crippen LogP) is 5.37. The second kappa shape index (κ2) is 13.5. The number of carbonyl (C=O) groups is 2. The van der Waals surface area contributed by atoms with Crippen molar-refractivity contribution in [3.63, 3.8) is 0 Å². The van der Waals surface area contributed by atoms with Crippen molar-refractivity contribution in [1.29, 1.82) is 0 Å². The molecule has 9 heteroatoms. The number of piperazine rings is 1. The molecule has 2 amide bonds. The van der Waals surface area contributed by atoms with Gasteiger partial charge < -0.3 is 14.5 Å². The molecule has 1 aliphatic rings. The molecule has 1 saturated heterocycles. The quantitative estimate of drug-likeness (QED) is 0.256. The van der Waals surface area contributed by atoms with Gasteiger partial charge in [0.1, 0.15) is 28.9 Å². The molecule has 3 aromatic carbocycles. The number of amides is 2. The van der Waals surface area contributed by atoms with E-state index in [4.69, 9.17) is 4.74 Å². The van der Waals surface area contributed by atoms with Crippen LogP contribution in [0.5, 0.6) is 5.75 Å². The summed E-state index contributed by atoms with van der Waals surface area (Å²) in [6.45, 7) is 5.94. The average Bonchev–Trinajstić information content (AvgIpc) is 3.46.